The topological polar surface area (TPSA) is 145 Å². The van der Waals surface area contributed by atoms with Crippen LogP contribution >= 0.6 is 11.3 Å². The molecular formula is C41H44F2N4O7S2. The molecule has 2 unspecified atom stereocenters. The van der Waals surface area contributed by atoms with E-state index in [2.05, 4.69) is 15.5 Å². The number of amides is 2. The van der Waals surface area contributed by atoms with Crippen molar-refractivity contribution in [3.8, 4) is 0 Å². The number of fused-ring (bicyclic) bond motifs is 3. The van der Waals surface area contributed by atoms with Crippen LogP contribution in [0.5, 0.6) is 0 Å². The molecule has 56 heavy (non-hydrogen) atoms. The number of halogens is 2. The number of aryl methyl sites for hydroxylation is 2. The van der Waals surface area contributed by atoms with Gasteiger partial charge in [0.1, 0.15) is 16.6 Å². The highest BCUT2D eigenvalue weighted by Crippen LogP contribution is 2.39. The van der Waals surface area contributed by atoms with E-state index in [1.54, 1.807) is 28.6 Å². The molecule has 4 aromatic rings. The van der Waals surface area contributed by atoms with Crippen molar-refractivity contribution in [3.05, 3.63) is 116 Å². The summed E-state index contributed by atoms with van der Waals surface area (Å²) in [6.07, 6.45) is 5.13. The fourth-order valence-corrected chi connectivity index (χ4v) is 11.3. The predicted octanol–water partition coefficient (Wildman–Crippen LogP) is 6.52. The smallest absolute Gasteiger partial charge is 0.335 e. The number of carboxylic acids is 1. The molecule has 0 saturated carbocycles. The average molecular weight is 807 g/mol. The molecule has 0 spiro atoms. The van der Waals surface area contributed by atoms with Gasteiger partial charge in [0.25, 0.3) is 11.8 Å². The molecule has 11 nitrogen and oxygen atoms in total. The van der Waals surface area contributed by atoms with E-state index in [0.29, 0.717) is 36.6 Å². The summed E-state index contributed by atoms with van der Waals surface area (Å²) in [5, 5.41) is 15.1. The predicted molar refractivity (Wildman–Crippen MR) is 210 cm³/mol. The molecule has 2 fully saturated rings. The number of anilines is 2. The van der Waals surface area contributed by atoms with Crippen LogP contribution in [-0.4, -0.2) is 85.2 Å². The third-order valence-electron chi connectivity index (χ3n) is 10.8. The van der Waals surface area contributed by atoms with E-state index in [1.807, 2.05) is 12.1 Å². The summed E-state index contributed by atoms with van der Waals surface area (Å²) >= 11 is 1.34. The molecule has 2 aliphatic heterocycles. The highest BCUT2D eigenvalue weighted by Gasteiger charge is 2.45. The van der Waals surface area contributed by atoms with Crippen LogP contribution in [-0.2, 0) is 47.0 Å². The van der Waals surface area contributed by atoms with Crippen molar-refractivity contribution >= 4 is 49.8 Å². The Bertz CT molecular complexity index is 2210. The number of thiophene rings is 1. The van der Waals surface area contributed by atoms with E-state index in [-0.39, 0.29) is 59.7 Å². The van der Waals surface area contributed by atoms with Gasteiger partial charge in [-0.25, -0.2) is 22.0 Å². The molecule has 2 bridgehead atoms. The number of benzene rings is 3. The van der Waals surface area contributed by atoms with Crippen LogP contribution < -0.4 is 10.6 Å². The first-order chi connectivity index (χ1) is 26.9. The van der Waals surface area contributed by atoms with Gasteiger partial charge in [-0.15, -0.1) is 11.3 Å². The number of nitrogens with zero attached hydrogens (tertiary/aromatic N) is 2. The first-order valence-electron chi connectivity index (χ1n) is 18.8. The van der Waals surface area contributed by atoms with Crippen LogP contribution in [0.15, 0.2) is 60.7 Å². The Labute approximate surface area is 328 Å². The molecule has 3 aliphatic rings. The highest BCUT2D eigenvalue weighted by molar-refractivity contribution is 7.89. The number of carboxylic acid groups (broad SMARTS) is 1. The Morgan fingerprint density at radius 1 is 0.875 bits per heavy atom. The molecule has 2 amide bonds. The van der Waals surface area contributed by atoms with E-state index in [9.17, 15) is 22.8 Å². The molecule has 3 heterocycles. The summed E-state index contributed by atoms with van der Waals surface area (Å²) in [7, 11) is -1.93. The fourth-order valence-electron chi connectivity index (χ4n) is 8.16. The van der Waals surface area contributed by atoms with E-state index in [0.717, 1.165) is 65.8 Å². The number of likely N-dealkylation sites (tertiary alicyclic amines) is 1. The number of carbonyl (C=O) groups excluding carboxylic acids is 2. The third kappa shape index (κ3) is 8.71. The second kappa shape index (κ2) is 16.9. The Morgan fingerprint density at radius 3 is 2.25 bits per heavy atom. The quantitative estimate of drug-likeness (QED) is 0.131. The number of carbonyl (C=O) groups is 3. The van der Waals surface area contributed by atoms with Crippen molar-refractivity contribution in [2.24, 2.45) is 0 Å². The van der Waals surface area contributed by atoms with Crippen LogP contribution in [0.2, 0.25) is 0 Å². The molecule has 1 aliphatic carbocycles. The minimum absolute atomic E-state index is 0.0328. The molecule has 1 aromatic heterocycles. The van der Waals surface area contributed by atoms with E-state index in [4.69, 9.17) is 9.84 Å². The minimum atomic E-state index is -3.42. The van der Waals surface area contributed by atoms with Gasteiger partial charge >= 0.3 is 5.97 Å². The number of aromatic carboxylic acids is 1. The normalized spacial score (nSPS) is 18.4. The number of ether oxygens (including phenoxy) is 1. The van der Waals surface area contributed by atoms with Crippen LogP contribution in [0.3, 0.4) is 0 Å². The van der Waals surface area contributed by atoms with Gasteiger partial charge in [0.05, 0.1) is 23.5 Å². The summed E-state index contributed by atoms with van der Waals surface area (Å²) < 4.78 is 63.2. The number of piperazine rings is 1. The van der Waals surface area contributed by atoms with Gasteiger partial charge in [0.2, 0.25) is 10.0 Å². The molecule has 296 valence electrons. The number of nitrogens with one attached hydrogen (secondary N) is 2. The van der Waals surface area contributed by atoms with E-state index in [1.165, 1.54) is 30.6 Å². The highest BCUT2D eigenvalue weighted by atomic mass is 32.2. The lowest BCUT2D eigenvalue weighted by molar-refractivity contribution is 0.0696. The zero-order chi connectivity index (χ0) is 39.6. The lowest BCUT2D eigenvalue weighted by Crippen LogP contribution is -2.56. The molecule has 0 radical (unpaired) electrons. The van der Waals surface area contributed by atoms with Crippen LogP contribution in [0, 0.1) is 11.6 Å². The standard InChI is InChI=1S/C41H44F2N4O7S2/c1-54-17-18-56(52,53)47-30-14-15-31(47)24-46(23-30)22-26-5-4-6-28(19-26)38(48)45-40-37(33-7-2-3-8-36(33)55-40)39(49)44-29-20-34(42)32(35(43)21-29)16-11-25-9-12-27(13-10-25)41(50)51/h4-6,9-10,12-13,19-21,30-31H,2-3,7-8,11,14-18,22-24H2,1H3,(H,44,49)(H,45,48)(H,50,51). The molecule has 2 atom stereocenters. The summed E-state index contributed by atoms with van der Waals surface area (Å²) in [6.45, 7) is 1.90. The van der Waals surface area contributed by atoms with Gasteiger partial charge in [-0.05, 0) is 104 Å². The van der Waals surface area contributed by atoms with Crippen molar-refractivity contribution in [1.82, 2.24) is 9.21 Å². The Kier molecular flexibility index (Phi) is 12.0. The molecule has 3 aromatic carbocycles. The summed E-state index contributed by atoms with van der Waals surface area (Å²) in [6, 6.07) is 15.3. The first-order valence-corrected chi connectivity index (χ1v) is 21.2. The van der Waals surface area contributed by atoms with Gasteiger partial charge < -0.3 is 20.5 Å². The Hall–Kier alpha value is -4.54. The van der Waals surface area contributed by atoms with Gasteiger partial charge in [-0.1, -0.05) is 24.3 Å². The molecule has 2 saturated heterocycles. The lowest BCUT2D eigenvalue weighted by atomic mass is 9.95. The second-order valence-electron chi connectivity index (χ2n) is 14.7. The van der Waals surface area contributed by atoms with Crippen LogP contribution in [0.25, 0.3) is 0 Å². The number of rotatable bonds is 14. The Balaban J connectivity index is 1.02. The third-order valence-corrected chi connectivity index (χ3v) is 14.0. The number of hydrogen-bond donors (Lipinski definition) is 3. The van der Waals surface area contributed by atoms with Crippen LogP contribution in [0.4, 0.5) is 19.5 Å². The summed E-state index contributed by atoms with van der Waals surface area (Å²) in [5.74, 6) is -3.69. The largest absolute Gasteiger partial charge is 0.478 e. The lowest BCUT2D eigenvalue weighted by Gasteiger charge is -2.40. The number of methoxy groups -OCH3 is 1. The second-order valence-corrected chi connectivity index (χ2v) is 17.8. The summed E-state index contributed by atoms with van der Waals surface area (Å²) in [5.41, 5.74) is 3.07. The number of hydrogen-bond acceptors (Lipinski definition) is 8. The average Bonchev–Trinajstić information content (AvgIpc) is 3.68. The van der Waals surface area contributed by atoms with Gasteiger partial charge in [0, 0.05) is 60.5 Å². The van der Waals surface area contributed by atoms with Crippen molar-refractivity contribution in [2.75, 3.05) is 43.2 Å². The van der Waals surface area contributed by atoms with Crippen molar-refractivity contribution < 1.29 is 41.4 Å². The Morgan fingerprint density at radius 2 is 1.57 bits per heavy atom. The minimum Gasteiger partial charge on any atom is -0.478 e. The zero-order valence-electron chi connectivity index (χ0n) is 31.0. The maximum atomic E-state index is 15.3. The number of sulfonamides is 1. The fraction of sp³-hybridized carbons (Fsp3) is 0.390. The zero-order valence-corrected chi connectivity index (χ0v) is 32.6. The monoisotopic (exact) mass is 806 g/mol. The van der Waals surface area contributed by atoms with Crippen molar-refractivity contribution in [1.29, 1.82) is 0 Å². The van der Waals surface area contributed by atoms with E-state index < -0.39 is 39.4 Å². The van der Waals surface area contributed by atoms with Crippen LogP contribution in [0.1, 0.15) is 83.9 Å². The van der Waals surface area contributed by atoms with Gasteiger partial charge in [-0.2, -0.15) is 4.31 Å². The summed E-state index contributed by atoms with van der Waals surface area (Å²) in [4.78, 5) is 41.9. The molecular weight excluding hydrogens is 763 g/mol. The molecule has 3 N–H and O–H groups in total. The van der Waals surface area contributed by atoms with E-state index >= 15 is 8.78 Å². The SMILES string of the molecule is COCCS(=O)(=O)N1C2CCC1CN(Cc1cccc(C(=O)Nc3sc4c(c3C(=O)Nc3cc(F)c(CCc5ccc(C(=O)O)cc5)c(F)c3)CCCC4)c1)C2. The maximum absolute atomic E-state index is 15.3. The van der Waals surface area contributed by atoms with Crippen molar-refractivity contribution in [2.45, 2.75) is 70.0 Å². The first kappa shape index (κ1) is 39.7. The van der Waals surface area contributed by atoms with Gasteiger partial charge in [0.15, 0.2) is 0 Å². The maximum Gasteiger partial charge on any atom is 0.335 e. The van der Waals surface area contributed by atoms with Crippen molar-refractivity contribution in [3.63, 3.8) is 0 Å². The van der Waals surface area contributed by atoms with Gasteiger partial charge in [-0.3, -0.25) is 14.5 Å². The molecule has 15 heteroatoms. The molecule has 7 rings (SSSR count).